The molecule has 1 aromatic heterocycles. The van der Waals surface area contributed by atoms with Crippen molar-refractivity contribution in [2.75, 3.05) is 4.90 Å². The standard InChI is InChI=1S/C39H26N2O2/c1-25-12-5-6-15-28(25)27-22-23-31-30-17-8-10-20-34(30)40(36(31)24-27)35-21-11-18-32-37(35)39(43)41(38(32)42)33-19-9-7-16-29(33)26-13-3-2-4-14-26/h2-24H,1H3. The number of para-hydroxylation sites is 2. The molecule has 0 radical (unpaired) electrons. The fourth-order valence-corrected chi connectivity index (χ4v) is 6.50. The third-order valence-corrected chi connectivity index (χ3v) is 8.49. The molecule has 0 spiro atoms. The molecule has 204 valence electrons. The fourth-order valence-electron chi connectivity index (χ4n) is 6.50. The quantitative estimate of drug-likeness (QED) is 0.204. The summed E-state index contributed by atoms with van der Waals surface area (Å²) in [4.78, 5) is 29.8. The smallest absolute Gasteiger partial charge is 0.268 e. The molecule has 8 rings (SSSR count). The van der Waals surface area contributed by atoms with Gasteiger partial charge in [-0.15, -0.1) is 0 Å². The van der Waals surface area contributed by atoms with Gasteiger partial charge in [0.05, 0.1) is 33.5 Å². The van der Waals surface area contributed by atoms with Gasteiger partial charge >= 0.3 is 0 Å². The van der Waals surface area contributed by atoms with Crippen molar-refractivity contribution in [2.24, 2.45) is 0 Å². The number of hydrogen-bond donors (Lipinski definition) is 0. The number of rotatable bonds is 4. The van der Waals surface area contributed by atoms with Crippen molar-refractivity contribution in [2.45, 2.75) is 6.92 Å². The van der Waals surface area contributed by atoms with Gasteiger partial charge in [-0.2, -0.15) is 0 Å². The highest BCUT2D eigenvalue weighted by Crippen LogP contribution is 2.41. The summed E-state index contributed by atoms with van der Waals surface area (Å²) in [5, 5.41) is 2.18. The van der Waals surface area contributed by atoms with E-state index < -0.39 is 0 Å². The molecule has 0 aliphatic carbocycles. The number of imide groups is 1. The van der Waals surface area contributed by atoms with E-state index in [4.69, 9.17) is 0 Å². The number of hydrogen-bond acceptors (Lipinski definition) is 2. The summed E-state index contributed by atoms with van der Waals surface area (Å²) in [6.45, 7) is 2.12. The molecule has 2 amide bonds. The summed E-state index contributed by atoms with van der Waals surface area (Å²) in [6, 6.07) is 46.1. The van der Waals surface area contributed by atoms with Crippen LogP contribution in [0.3, 0.4) is 0 Å². The third kappa shape index (κ3) is 3.77. The number of aromatic nitrogens is 1. The zero-order valence-electron chi connectivity index (χ0n) is 23.5. The van der Waals surface area contributed by atoms with Crippen molar-refractivity contribution in [3.63, 3.8) is 0 Å². The number of fused-ring (bicyclic) bond motifs is 4. The van der Waals surface area contributed by atoms with Crippen molar-refractivity contribution < 1.29 is 9.59 Å². The van der Waals surface area contributed by atoms with Crippen LogP contribution in [0.15, 0.2) is 140 Å². The van der Waals surface area contributed by atoms with E-state index in [9.17, 15) is 9.59 Å². The summed E-state index contributed by atoms with van der Waals surface area (Å²) >= 11 is 0. The Balaban J connectivity index is 1.36. The van der Waals surface area contributed by atoms with Crippen molar-refractivity contribution in [3.8, 4) is 27.9 Å². The van der Waals surface area contributed by atoms with E-state index in [1.165, 1.54) is 10.5 Å². The molecule has 6 aromatic carbocycles. The first-order chi connectivity index (χ1) is 21.1. The Morgan fingerprint density at radius 1 is 0.465 bits per heavy atom. The van der Waals surface area contributed by atoms with Gasteiger partial charge in [0, 0.05) is 16.3 Å². The Bertz CT molecular complexity index is 2240. The largest absolute Gasteiger partial charge is 0.308 e. The van der Waals surface area contributed by atoms with Gasteiger partial charge < -0.3 is 4.57 Å². The maximum atomic E-state index is 14.4. The number of carbonyl (C=O) groups excluding carboxylic acids is 2. The third-order valence-electron chi connectivity index (χ3n) is 8.49. The van der Waals surface area contributed by atoms with E-state index in [1.54, 1.807) is 6.07 Å². The average Bonchev–Trinajstić information content (AvgIpc) is 3.52. The van der Waals surface area contributed by atoms with Crippen LogP contribution in [0.5, 0.6) is 0 Å². The zero-order valence-corrected chi connectivity index (χ0v) is 23.5. The van der Waals surface area contributed by atoms with Gasteiger partial charge in [0.25, 0.3) is 11.8 Å². The SMILES string of the molecule is Cc1ccccc1-c1ccc2c3ccccc3n(-c3cccc4c3C(=O)N(c3ccccc3-c3ccccc3)C4=O)c2c1. The topological polar surface area (TPSA) is 42.3 Å². The van der Waals surface area contributed by atoms with Crippen LogP contribution in [0, 0.1) is 6.92 Å². The van der Waals surface area contributed by atoms with E-state index in [0.717, 1.165) is 44.1 Å². The van der Waals surface area contributed by atoms with Gasteiger partial charge in [-0.05, 0) is 59.5 Å². The predicted octanol–water partition coefficient (Wildman–Crippen LogP) is 9.23. The number of benzene rings is 6. The molecule has 2 heterocycles. The van der Waals surface area contributed by atoms with E-state index in [-0.39, 0.29) is 11.8 Å². The Hall–Kier alpha value is -5.74. The van der Waals surface area contributed by atoms with Crippen molar-refractivity contribution in [1.82, 2.24) is 4.57 Å². The average molecular weight is 555 g/mol. The molecule has 0 saturated carbocycles. The molecule has 0 N–H and O–H groups in total. The molecule has 0 atom stereocenters. The maximum absolute atomic E-state index is 14.4. The van der Waals surface area contributed by atoms with Crippen LogP contribution in [-0.4, -0.2) is 16.4 Å². The van der Waals surface area contributed by atoms with E-state index in [0.29, 0.717) is 22.5 Å². The summed E-state index contributed by atoms with van der Waals surface area (Å²) in [5.74, 6) is -0.633. The number of nitrogens with zero attached hydrogens (tertiary/aromatic N) is 2. The number of carbonyl (C=O) groups is 2. The predicted molar refractivity (Wildman–Crippen MR) is 174 cm³/mol. The monoisotopic (exact) mass is 554 g/mol. The molecule has 4 heteroatoms. The number of amides is 2. The molecule has 0 unspecified atom stereocenters. The normalized spacial score (nSPS) is 12.8. The zero-order chi connectivity index (χ0) is 29.1. The second-order valence-corrected chi connectivity index (χ2v) is 10.9. The number of aryl methyl sites for hydroxylation is 1. The summed E-state index contributed by atoms with van der Waals surface area (Å²) in [6.07, 6.45) is 0. The van der Waals surface area contributed by atoms with Gasteiger partial charge in [-0.3, -0.25) is 9.59 Å². The highest BCUT2D eigenvalue weighted by molar-refractivity contribution is 6.36. The van der Waals surface area contributed by atoms with Gasteiger partial charge in [0.2, 0.25) is 0 Å². The molecule has 0 saturated heterocycles. The first kappa shape index (κ1) is 25.0. The molecule has 1 aliphatic rings. The minimum absolute atomic E-state index is 0.313. The Morgan fingerprint density at radius 2 is 1.12 bits per heavy atom. The van der Waals surface area contributed by atoms with Crippen molar-refractivity contribution in [1.29, 1.82) is 0 Å². The van der Waals surface area contributed by atoms with E-state index in [2.05, 4.69) is 60.0 Å². The molecule has 7 aromatic rings. The summed E-state index contributed by atoms with van der Waals surface area (Å²) in [7, 11) is 0. The van der Waals surface area contributed by atoms with Crippen LogP contribution < -0.4 is 4.90 Å². The molecule has 43 heavy (non-hydrogen) atoms. The Morgan fingerprint density at radius 3 is 1.95 bits per heavy atom. The van der Waals surface area contributed by atoms with Crippen LogP contribution in [-0.2, 0) is 0 Å². The minimum atomic E-state index is -0.319. The second-order valence-electron chi connectivity index (χ2n) is 10.9. The van der Waals surface area contributed by atoms with Gasteiger partial charge in [0.1, 0.15) is 0 Å². The molecular weight excluding hydrogens is 528 g/mol. The lowest BCUT2D eigenvalue weighted by molar-refractivity contribution is 0.0926. The van der Waals surface area contributed by atoms with Crippen LogP contribution in [0.4, 0.5) is 5.69 Å². The highest BCUT2D eigenvalue weighted by atomic mass is 16.2. The summed E-state index contributed by atoms with van der Waals surface area (Å²) < 4.78 is 2.14. The Labute approximate surface area is 249 Å². The molecule has 0 fully saturated rings. The fraction of sp³-hybridized carbons (Fsp3) is 0.0256. The van der Waals surface area contributed by atoms with Crippen LogP contribution >= 0.6 is 0 Å². The van der Waals surface area contributed by atoms with Crippen LogP contribution in [0.25, 0.3) is 49.7 Å². The summed E-state index contributed by atoms with van der Waals surface area (Å²) in [5.41, 5.74) is 9.30. The van der Waals surface area contributed by atoms with Gasteiger partial charge in [-0.1, -0.05) is 109 Å². The van der Waals surface area contributed by atoms with Crippen LogP contribution in [0.1, 0.15) is 26.3 Å². The molecular formula is C39H26N2O2. The van der Waals surface area contributed by atoms with Crippen molar-refractivity contribution >= 4 is 39.3 Å². The van der Waals surface area contributed by atoms with Gasteiger partial charge in [-0.25, -0.2) is 4.90 Å². The lowest BCUT2D eigenvalue weighted by Crippen LogP contribution is -2.30. The molecule has 4 nitrogen and oxygen atoms in total. The van der Waals surface area contributed by atoms with E-state index >= 15 is 0 Å². The second kappa shape index (κ2) is 9.68. The maximum Gasteiger partial charge on any atom is 0.268 e. The van der Waals surface area contributed by atoms with Gasteiger partial charge in [0.15, 0.2) is 0 Å². The minimum Gasteiger partial charge on any atom is -0.308 e. The molecule has 1 aliphatic heterocycles. The van der Waals surface area contributed by atoms with Crippen molar-refractivity contribution in [3.05, 3.63) is 156 Å². The lowest BCUT2D eigenvalue weighted by atomic mass is 9.99. The Kier molecular flexibility index (Phi) is 5.63. The molecule has 0 bridgehead atoms. The number of anilines is 1. The van der Waals surface area contributed by atoms with Crippen LogP contribution in [0.2, 0.25) is 0 Å². The first-order valence-electron chi connectivity index (χ1n) is 14.4. The van der Waals surface area contributed by atoms with E-state index in [1.807, 2.05) is 84.9 Å². The highest BCUT2D eigenvalue weighted by Gasteiger charge is 2.40. The first-order valence-corrected chi connectivity index (χ1v) is 14.4. The lowest BCUT2D eigenvalue weighted by Gasteiger charge is -2.18.